The van der Waals surface area contributed by atoms with Crippen molar-refractivity contribution in [2.45, 2.75) is 73.7 Å². The van der Waals surface area contributed by atoms with Crippen LogP contribution in [-0.2, 0) is 6.42 Å². The van der Waals surface area contributed by atoms with Gasteiger partial charge in [0.25, 0.3) is 5.92 Å². The second kappa shape index (κ2) is 15.0. The molecule has 3 nitrogen and oxygen atoms in total. The first-order valence-corrected chi connectivity index (χ1v) is 12.4. The van der Waals surface area contributed by atoms with Gasteiger partial charge in [0.15, 0.2) is 0 Å². The van der Waals surface area contributed by atoms with Crippen LogP contribution in [0.5, 0.6) is 0 Å². The van der Waals surface area contributed by atoms with E-state index in [0.717, 1.165) is 12.8 Å². The van der Waals surface area contributed by atoms with E-state index in [1.165, 1.54) is 51.0 Å². The van der Waals surface area contributed by atoms with Gasteiger partial charge in [-0.3, -0.25) is 0 Å². The quantitative estimate of drug-likeness (QED) is 0.202. The molecule has 5 heteroatoms. The number of halogens is 2. The summed E-state index contributed by atoms with van der Waals surface area (Å²) < 4.78 is 33.5. The number of rotatable bonds is 10. The van der Waals surface area contributed by atoms with Crippen molar-refractivity contribution < 1.29 is 18.3 Å². The lowest BCUT2D eigenvalue weighted by Gasteiger charge is -2.17. The standard InChI is InChI=1S/C19H23F2NO2.C12H18/c1-7-15(17-9-8-10-24-17)11-16(19(6,20)21)13(4)22-18(12(2)3)14(5)23;1-3-11(4-2)10-12-8-6-5-7-9-12/h7-11,23H,2H2,1,3-6H3;5-9,11H,3-4,10H2,1-2H3/b15-7+,16-11+,18-14+,22-13+;. The van der Waals surface area contributed by atoms with E-state index in [-0.39, 0.29) is 22.7 Å². The topological polar surface area (TPSA) is 45.7 Å². The van der Waals surface area contributed by atoms with E-state index >= 15 is 0 Å². The zero-order chi connectivity index (χ0) is 27.3. The minimum Gasteiger partial charge on any atom is -0.510 e. The van der Waals surface area contributed by atoms with Crippen LogP contribution in [0.25, 0.3) is 5.57 Å². The average molecular weight is 498 g/mol. The maximum atomic E-state index is 14.1. The van der Waals surface area contributed by atoms with Gasteiger partial charge >= 0.3 is 0 Å². The Balaban J connectivity index is 0.000000450. The van der Waals surface area contributed by atoms with E-state index in [0.29, 0.717) is 16.9 Å². The van der Waals surface area contributed by atoms with E-state index in [4.69, 9.17) is 4.42 Å². The van der Waals surface area contributed by atoms with Gasteiger partial charge in [-0.25, -0.2) is 13.8 Å². The molecule has 0 bridgehead atoms. The molecule has 1 aromatic heterocycles. The SMILES string of the molecule is C=C(C)C(/N=C(C)/C(=C\C(=C/C)c1ccco1)C(C)(F)F)=C(/C)O.CCC(CC)Cc1ccccc1. The molecule has 1 aromatic carbocycles. The molecule has 0 aliphatic heterocycles. The molecule has 0 fully saturated rings. The number of allylic oxidation sites excluding steroid dienone is 6. The molecule has 0 aliphatic carbocycles. The largest absolute Gasteiger partial charge is 0.510 e. The van der Waals surface area contributed by atoms with Gasteiger partial charge in [0, 0.05) is 23.8 Å². The highest BCUT2D eigenvalue weighted by Crippen LogP contribution is 2.30. The Bertz CT molecular complexity index is 1060. The molecule has 1 heterocycles. The first-order chi connectivity index (χ1) is 16.9. The van der Waals surface area contributed by atoms with Crippen molar-refractivity contribution in [2.24, 2.45) is 10.9 Å². The zero-order valence-electron chi connectivity index (χ0n) is 22.7. The minimum absolute atomic E-state index is 0.0714. The van der Waals surface area contributed by atoms with Gasteiger partial charge in [0.1, 0.15) is 17.2 Å². The summed E-state index contributed by atoms with van der Waals surface area (Å²) in [5.41, 5.74) is 2.53. The van der Waals surface area contributed by atoms with Crippen LogP contribution in [0.1, 0.15) is 72.6 Å². The highest BCUT2D eigenvalue weighted by molar-refractivity contribution is 6.02. The Morgan fingerprint density at radius 3 is 2.11 bits per heavy atom. The number of alkyl halides is 2. The number of aliphatic imine (C=N–C) groups is 1. The van der Waals surface area contributed by atoms with E-state index in [9.17, 15) is 13.9 Å². The van der Waals surface area contributed by atoms with Gasteiger partial charge < -0.3 is 9.52 Å². The molecule has 0 radical (unpaired) electrons. The summed E-state index contributed by atoms with van der Waals surface area (Å²) in [7, 11) is 0. The fraction of sp³-hybridized carbons (Fsp3) is 0.387. The molecule has 36 heavy (non-hydrogen) atoms. The lowest BCUT2D eigenvalue weighted by atomic mass is 9.95. The van der Waals surface area contributed by atoms with Gasteiger partial charge in [-0.15, -0.1) is 0 Å². The predicted octanol–water partition coefficient (Wildman–Crippen LogP) is 9.76. The van der Waals surface area contributed by atoms with Crippen LogP contribution in [-0.4, -0.2) is 16.7 Å². The third-order valence-corrected chi connectivity index (χ3v) is 5.83. The molecular weight excluding hydrogens is 456 g/mol. The van der Waals surface area contributed by atoms with Crippen molar-refractivity contribution in [3.63, 3.8) is 0 Å². The normalized spacial score (nSPS) is 13.8. The Kier molecular flexibility index (Phi) is 12.9. The molecule has 2 aromatic rings. The summed E-state index contributed by atoms with van der Waals surface area (Å²) in [5.74, 6) is -1.83. The Morgan fingerprint density at radius 1 is 1.08 bits per heavy atom. The van der Waals surface area contributed by atoms with Crippen LogP contribution < -0.4 is 0 Å². The molecule has 196 valence electrons. The van der Waals surface area contributed by atoms with Crippen molar-refractivity contribution in [1.29, 1.82) is 0 Å². The lowest BCUT2D eigenvalue weighted by molar-refractivity contribution is 0.0701. The minimum atomic E-state index is -3.11. The van der Waals surface area contributed by atoms with Crippen molar-refractivity contribution in [2.75, 3.05) is 0 Å². The van der Waals surface area contributed by atoms with Crippen LogP contribution in [0.15, 0.2) is 99.5 Å². The third-order valence-electron chi connectivity index (χ3n) is 5.83. The molecule has 0 spiro atoms. The molecule has 2 rings (SSSR count). The molecule has 1 N–H and O–H groups in total. The summed E-state index contributed by atoms with van der Waals surface area (Å²) in [6, 6.07) is 14.2. The highest BCUT2D eigenvalue weighted by atomic mass is 19.3. The second-order valence-electron chi connectivity index (χ2n) is 8.95. The van der Waals surface area contributed by atoms with Crippen molar-refractivity contribution in [1.82, 2.24) is 0 Å². The van der Waals surface area contributed by atoms with Crippen molar-refractivity contribution in [3.05, 3.63) is 101 Å². The molecule has 0 aliphatic rings. The number of furan rings is 1. The number of hydrogen-bond acceptors (Lipinski definition) is 3. The van der Waals surface area contributed by atoms with E-state index in [2.05, 4.69) is 55.8 Å². The first-order valence-electron chi connectivity index (χ1n) is 12.4. The van der Waals surface area contributed by atoms with Gasteiger partial charge in [0.05, 0.1) is 6.26 Å². The van der Waals surface area contributed by atoms with Crippen molar-refractivity contribution in [3.8, 4) is 0 Å². The fourth-order valence-corrected chi connectivity index (χ4v) is 3.68. The Labute approximate surface area is 215 Å². The maximum absolute atomic E-state index is 14.1. The van der Waals surface area contributed by atoms with Gasteiger partial charge in [0.2, 0.25) is 0 Å². The fourth-order valence-electron chi connectivity index (χ4n) is 3.68. The predicted molar refractivity (Wildman–Crippen MR) is 149 cm³/mol. The summed E-state index contributed by atoms with van der Waals surface area (Å²) in [5, 5.41) is 9.67. The van der Waals surface area contributed by atoms with Gasteiger partial charge in [-0.2, -0.15) is 0 Å². The third kappa shape index (κ3) is 10.2. The smallest absolute Gasteiger partial charge is 0.272 e. The molecule has 0 amide bonds. The number of aliphatic hydroxyl groups is 1. The molecular formula is C31H41F2NO2. The molecule has 0 unspecified atom stereocenters. The van der Waals surface area contributed by atoms with Crippen LogP contribution in [0.4, 0.5) is 8.78 Å². The number of hydrogen-bond donors (Lipinski definition) is 1. The van der Waals surface area contributed by atoms with Crippen LogP contribution in [0, 0.1) is 5.92 Å². The zero-order valence-corrected chi connectivity index (χ0v) is 22.7. The first kappa shape index (κ1) is 30.8. The van der Waals surface area contributed by atoms with Gasteiger partial charge in [-0.1, -0.05) is 69.7 Å². The average Bonchev–Trinajstić information content (AvgIpc) is 3.36. The highest BCUT2D eigenvalue weighted by Gasteiger charge is 2.30. The van der Waals surface area contributed by atoms with E-state index in [1.807, 2.05) is 0 Å². The number of nitrogens with zero attached hydrogens (tertiary/aromatic N) is 1. The van der Waals surface area contributed by atoms with Gasteiger partial charge in [-0.05, 0) is 69.4 Å². The second-order valence-corrected chi connectivity index (χ2v) is 8.95. The van der Waals surface area contributed by atoms with Crippen LogP contribution >= 0.6 is 0 Å². The van der Waals surface area contributed by atoms with Crippen molar-refractivity contribution >= 4 is 11.3 Å². The summed E-state index contributed by atoms with van der Waals surface area (Å²) in [4.78, 5) is 4.15. The van der Waals surface area contributed by atoms with E-state index in [1.54, 1.807) is 32.1 Å². The number of benzene rings is 1. The summed E-state index contributed by atoms with van der Waals surface area (Å²) >= 11 is 0. The Hall–Kier alpha value is -3.21. The number of aliphatic hydroxyl groups excluding tert-OH is 1. The van der Waals surface area contributed by atoms with Crippen LogP contribution in [0.2, 0.25) is 0 Å². The maximum Gasteiger partial charge on any atom is 0.272 e. The van der Waals surface area contributed by atoms with E-state index < -0.39 is 5.92 Å². The molecule has 0 saturated heterocycles. The lowest BCUT2D eigenvalue weighted by Crippen LogP contribution is -2.20. The molecule has 0 atom stereocenters. The summed E-state index contributed by atoms with van der Waals surface area (Å²) in [6.07, 6.45) is 8.35. The van der Waals surface area contributed by atoms with Crippen LogP contribution in [0.3, 0.4) is 0 Å². The Morgan fingerprint density at radius 2 is 1.69 bits per heavy atom. The monoisotopic (exact) mass is 497 g/mol. The summed E-state index contributed by atoms with van der Waals surface area (Å²) in [6.45, 7) is 15.4. The molecule has 0 saturated carbocycles.